The topological polar surface area (TPSA) is 25.4 Å². The van der Waals surface area contributed by atoms with Crippen molar-refractivity contribution in [1.29, 1.82) is 0 Å². The molecule has 101 heavy (non-hydrogen) atoms. The first-order valence-electron chi connectivity index (χ1n) is 34.4. The molecule has 470 valence electrons. The summed E-state index contributed by atoms with van der Waals surface area (Å²) in [5.74, 6) is 1.72. The van der Waals surface area contributed by atoms with Crippen LogP contribution in [-0.2, 0) is 0 Å². The summed E-state index contributed by atoms with van der Waals surface area (Å²) in [6.07, 6.45) is 0. The maximum atomic E-state index is 8.02. The van der Waals surface area contributed by atoms with Gasteiger partial charge in [-0.3, -0.25) is 0 Å². The average molecular weight is 1630 g/mol. The normalized spacial score (nSPS) is 13.1. The van der Waals surface area contributed by atoms with Crippen molar-refractivity contribution in [3.05, 3.63) is 334 Å². The van der Waals surface area contributed by atoms with Gasteiger partial charge < -0.3 is 0 Å². The number of benzene rings is 15. The Morgan fingerprint density at radius 3 is 1.16 bits per heavy atom. The van der Waals surface area contributed by atoms with Gasteiger partial charge in [0.1, 0.15) is 0 Å². The molecule has 0 amide bonds. The van der Waals surface area contributed by atoms with Crippen LogP contribution < -0.4 is 62.0 Å². The van der Waals surface area contributed by atoms with Gasteiger partial charge >= 0.3 is 620 Å². The van der Waals surface area contributed by atoms with Crippen LogP contribution in [0.15, 0.2) is 334 Å². The second kappa shape index (κ2) is 23.1. The Hall–Kier alpha value is -10.4. The number of fused-ring (bicyclic) bond motifs is 17. The summed E-state index contributed by atoms with van der Waals surface area (Å²) in [6, 6.07) is 126. The van der Waals surface area contributed by atoms with E-state index in [1.54, 1.807) is 0 Å². The molecule has 0 saturated heterocycles. The van der Waals surface area contributed by atoms with Gasteiger partial charge in [0.25, 0.3) is 0 Å². The molecule has 7 heterocycles. The first-order chi connectivity index (χ1) is 50.1. The van der Waals surface area contributed by atoms with Crippen LogP contribution in [0.1, 0.15) is 0 Å². The van der Waals surface area contributed by atoms with E-state index < -0.39 is 61.3 Å². The van der Waals surface area contributed by atoms with Gasteiger partial charge in [-0.25, -0.2) is 0 Å². The van der Waals surface area contributed by atoms with E-state index >= 15 is 0 Å². The summed E-state index contributed by atoms with van der Waals surface area (Å²) >= 11 is -1.96. The monoisotopic (exact) mass is 1630 g/mol. The van der Waals surface area contributed by atoms with E-state index in [2.05, 4.69) is 358 Å². The Balaban J connectivity index is 0.822. The quantitative estimate of drug-likeness (QED) is 0.134. The second-order valence-corrected chi connectivity index (χ2v) is 35.9. The Labute approximate surface area is 614 Å². The summed E-state index contributed by atoms with van der Waals surface area (Å²) in [7, 11) is 0. The first kappa shape index (κ1) is 58.4. The number of hydrogen-bond donors (Lipinski definition) is 0. The third-order valence-electron chi connectivity index (χ3n) is 21.2. The van der Waals surface area contributed by atoms with E-state index in [1.807, 2.05) is 0 Å². The van der Waals surface area contributed by atoms with Crippen molar-refractivity contribution >= 4 is 246 Å². The molecule has 0 fully saturated rings. The van der Waals surface area contributed by atoms with Crippen molar-refractivity contribution in [2.45, 2.75) is 0 Å². The van der Waals surface area contributed by atoms with E-state index in [9.17, 15) is 0 Å². The minimum atomic E-state index is -0.703. The van der Waals surface area contributed by atoms with E-state index in [4.69, 9.17) is 4.74 Å². The zero-order valence-corrected chi connectivity index (χ0v) is 61.3. The van der Waals surface area contributed by atoms with Gasteiger partial charge in [-0.05, 0) is 0 Å². The molecule has 0 N–H and O–H groups in total. The molecule has 0 atom stereocenters. The molecular formula is C90H55B2N5OTe3. The fraction of sp³-hybridized carbons (Fsp3) is 0. The molecule has 0 spiro atoms. The number of anilines is 15. The van der Waals surface area contributed by atoms with Crippen LogP contribution in [0.3, 0.4) is 0 Å². The van der Waals surface area contributed by atoms with Crippen molar-refractivity contribution < 1.29 is 4.74 Å². The second-order valence-electron chi connectivity index (χ2n) is 26.7. The third kappa shape index (κ3) is 9.05. The van der Waals surface area contributed by atoms with Gasteiger partial charge in [0.05, 0.1) is 0 Å². The molecule has 18 aromatic rings. The van der Waals surface area contributed by atoms with E-state index in [0.717, 1.165) is 96.6 Å². The van der Waals surface area contributed by atoms with E-state index in [1.165, 1.54) is 85.7 Å². The van der Waals surface area contributed by atoms with Crippen LogP contribution in [-0.4, -0.2) is 74.7 Å². The molecule has 4 aliphatic rings. The number of nitrogens with zero attached hydrogens (tertiary/aromatic N) is 5. The van der Waals surface area contributed by atoms with Crippen molar-refractivity contribution in [3.63, 3.8) is 0 Å². The third-order valence-corrected chi connectivity index (χ3v) is 30.9. The Bertz CT molecular complexity index is 6420. The van der Waals surface area contributed by atoms with Crippen LogP contribution in [0.25, 0.3) is 52.7 Å². The van der Waals surface area contributed by atoms with Gasteiger partial charge in [-0.2, -0.15) is 0 Å². The molecule has 22 rings (SSSR count). The molecule has 15 aromatic carbocycles. The molecule has 3 aromatic heterocycles. The predicted molar refractivity (Wildman–Crippen MR) is 432 cm³/mol. The van der Waals surface area contributed by atoms with Crippen molar-refractivity contribution in [1.82, 2.24) is 0 Å². The summed E-state index contributed by atoms with van der Waals surface area (Å²) < 4.78 is 16.9. The number of hydrogen-bond acceptors (Lipinski definition) is 6. The maximum absolute atomic E-state index is 8.02. The van der Waals surface area contributed by atoms with E-state index in [-0.39, 0.29) is 13.4 Å². The van der Waals surface area contributed by atoms with Crippen LogP contribution in [0.4, 0.5) is 85.3 Å². The summed E-state index contributed by atoms with van der Waals surface area (Å²) in [5, 5.41) is 8.22. The van der Waals surface area contributed by atoms with Crippen molar-refractivity contribution in [3.8, 4) is 11.5 Å². The van der Waals surface area contributed by atoms with E-state index in [0.29, 0.717) is 0 Å². The van der Waals surface area contributed by atoms with Crippen molar-refractivity contribution in [2.75, 3.05) is 24.5 Å². The van der Waals surface area contributed by atoms with Crippen LogP contribution in [0.2, 0.25) is 0 Å². The van der Waals surface area contributed by atoms with Gasteiger partial charge in [-0.15, -0.1) is 0 Å². The van der Waals surface area contributed by atoms with Crippen molar-refractivity contribution in [2.24, 2.45) is 0 Å². The molecule has 0 radical (unpaired) electrons. The fourth-order valence-electron chi connectivity index (χ4n) is 17.0. The van der Waals surface area contributed by atoms with Gasteiger partial charge in [0.15, 0.2) is 0 Å². The molecule has 6 nitrogen and oxygen atoms in total. The summed E-state index contributed by atoms with van der Waals surface area (Å²) in [5.41, 5.74) is 24.1. The zero-order valence-electron chi connectivity index (χ0n) is 54.3. The zero-order chi connectivity index (χ0) is 66.0. The number of rotatable bonds is 9. The standard InChI is InChI=1S/C90H55B2N5OTe3/c1-5-23-56(24-6-1)93(57-25-7-2-8-26-57)63-47-78-89-79(48-63)97(62-43-46-70-67-33-15-22-40-85(67)101-88(70)53-62)77-55-81-74(54-73(77)91(89)71-34-16-18-36-75(71)95(78)59-29-11-4-12-30-59)92-72-35-17-19-37-76(72)96(61-42-45-69-66-32-14-21-39-84(66)100-87(69)52-61)80-49-64(50-82(98-81)90(80)92)94(58-27-9-3-10-28-58)60-41-44-68-65-31-13-20-38-83(65)99-86(68)51-60/h1-55H. The number of ether oxygens (including phenoxy) is 1. The Morgan fingerprint density at radius 1 is 0.228 bits per heavy atom. The van der Waals surface area contributed by atoms with Crippen LogP contribution >= 0.6 is 0 Å². The minimum absolute atomic E-state index is 0.170. The number of para-hydroxylation sites is 6. The first-order valence-corrected chi connectivity index (χ1v) is 41.4. The molecule has 0 unspecified atom stereocenters. The predicted octanol–water partition coefficient (Wildman–Crippen LogP) is 19.2. The molecular weight excluding hydrogens is 1570 g/mol. The van der Waals surface area contributed by atoms with Crippen LogP contribution in [0, 0.1) is 0 Å². The van der Waals surface area contributed by atoms with Gasteiger partial charge in [0, 0.05) is 0 Å². The molecule has 4 aliphatic heterocycles. The fourth-order valence-corrected chi connectivity index (χ4v) is 26.7. The molecule has 0 bridgehead atoms. The molecule has 0 aliphatic carbocycles. The van der Waals surface area contributed by atoms with Gasteiger partial charge in [-0.1, -0.05) is 0 Å². The van der Waals surface area contributed by atoms with Gasteiger partial charge in [0.2, 0.25) is 0 Å². The van der Waals surface area contributed by atoms with Crippen LogP contribution in [0.5, 0.6) is 11.5 Å². The Kier molecular flexibility index (Phi) is 13.3. The summed E-state index contributed by atoms with van der Waals surface area (Å²) in [4.78, 5) is 12.6. The summed E-state index contributed by atoms with van der Waals surface area (Å²) in [6.45, 7) is -0.361. The Morgan fingerprint density at radius 2 is 0.624 bits per heavy atom. The average Bonchev–Trinajstić information content (AvgIpc) is 1.18. The molecule has 11 heteroatoms. The SMILES string of the molecule is c1ccc(N(c2ccccc2)c2cc3c4c(c2)N(c2ccc5c(c2)[te]c2ccccc25)c2cc5c(cc2B4c2ccccc2N3c2ccccc2)B2c3ccccc3N(c3ccc4c(c3)[te]c3ccccc34)c3cc(N(c4ccccc4)c4ccc6c(c4)[te]c4ccccc46)cc(c32)O5)cc1. The molecule has 0 saturated carbocycles.